The monoisotopic (exact) mass is 570 g/mol. The van der Waals surface area contributed by atoms with Crippen LogP contribution in [-0.2, 0) is 24.7 Å². The van der Waals surface area contributed by atoms with E-state index in [0.717, 1.165) is 43.7 Å². The van der Waals surface area contributed by atoms with Gasteiger partial charge in [-0.15, -0.1) is 0 Å². The van der Waals surface area contributed by atoms with Crippen molar-refractivity contribution in [3.05, 3.63) is 34.9 Å². The molecule has 3 rings (SSSR count). The number of alkyl halides is 3. The lowest BCUT2D eigenvalue weighted by molar-refractivity contribution is -0.268. The lowest BCUT2D eigenvalue weighted by atomic mass is 9.72. The van der Waals surface area contributed by atoms with Crippen molar-refractivity contribution in [2.75, 3.05) is 0 Å². The third-order valence-corrected chi connectivity index (χ3v) is 9.13. The molecule has 228 valence electrons. The van der Waals surface area contributed by atoms with E-state index in [9.17, 15) is 27.9 Å². The fraction of sp³-hybridized carbons (Fsp3) is 0.750. The zero-order valence-electron chi connectivity index (χ0n) is 25.8. The van der Waals surface area contributed by atoms with Crippen molar-refractivity contribution in [1.82, 2.24) is 0 Å². The minimum Gasteiger partial charge on any atom is -0.459 e. The first-order valence-corrected chi connectivity index (χ1v) is 14.6. The van der Waals surface area contributed by atoms with Crippen LogP contribution in [0.15, 0.2) is 18.2 Å². The number of rotatable bonds is 8. The fourth-order valence-corrected chi connectivity index (χ4v) is 5.59. The maximum atomic E-state index is 13.3. The Bertz CT molecular complexity index is 1030. The van der Waals surface area contributed by atoms with E-state index >= 15 is 0 Å². The van der Waals surface area contributed by atoms with Crippen LogP contribution in [0.5, 0.6) is 0 Å². The second-order valence-corrected chi connectivity index (χ2v) is 13.2. The average molecular weight is 571 g/mol. The van der Waals surface area contributed by atoms with Crippen molar-refractivity contribution in [2.45, 2.75) is 143 Å². The van der Waals surface area contributed by atoms with Crippen LogP contribution in [0.1, 0.15) is 123 Å². The van der Waals surface area contributed by atoms with E-state index < -0.39 is 35.2 Å². The van der Waals surface area contributed by atoms with Crippen molar-refractivity contribution in [3.63, 3.8) is 0 Å². The van der Waals surface area contributed by atoms with Gasteiger partial charge in [0, 0.05) is 12.8 Å². The minimum atomic E-state index is -4.82. The average Bonchev–Trinajstić information content (AvgIpc) is 3.41. The molecule has 40 heavy (non-hydrogen) atoms. The molecule has 0 amide bonds. The van der Waals surface area contributed by atoms with Gasteiger partial charge in [-0.05, 0) is 92.1 Å². The third kappa shape index (κ3) is 7.40. The highest BCUT2D eigenvalue weighted by molar-refractivity contribution is 5.79. The summed E-state index contributed by atoms with van der Waals surface area (Å²) < 4.78 is 51.3. The van der Waals surface area contributed by atoms with Gasteiger partial charge < -0.3 is 14.6 Å². The van der Waals surface area contributed by atoms with Crippen LogP contribution in [0, 0.1) is 24.7 Å². The Kier molecular flexibility index (Phi) is 10.3. The van der Waals surface area contributed by atoms with Gasteiger partial charge in [0.2, 0.25) is 0 Å². The summed E-state index contributed by atoms with van der Waals surface area (Å²) in [5.74, 6) is -0.541. The predicted molar refractivity (Wildman–Crippen MR) is 150 cm³/mol. The molecule has 0 bridgehead atoms. The Morgan fingerprint density at radius 3 is 1.93 bits per heavy atom. The molecule has 0 radical (unpaired) electrons. The number of carbonyl (C=O) groups is 2. The smallest absolute Gasteiger partial charge is 0.417 e. The molecule has 3 unspecified atom stereocenters. The maximum Gasteiger partial charge on any atom is 0.417 e. The van der Waals surface area contributed by atoms with Gasteiger partial charge >= 0.3 is 18.1 Å². The quantitative estimate of drug-likeness (QED) is 0.319. The van der Waals surface area contributed by atoms with Crippen molar-refractivity contribution in [3.8, 4) is 0 Å². The maximum absolute atomic E-state index is 13.3. The highest BCUT2D eigenvalue weighted by Gasteiger charge is 2.61. The summed E-state index contributed by atoms with van der Waals surface area (Å²) in [4.78, 5) is 24.4. The third-order valence-electron chi connectivity index (χ3n) is 9.13. The number of halogens is 3. The number of hydrogen-bond acceptors (Lipinski definition) is 5. The Morgan fingerprint density at radius 1 is 1.00 bits per heavy atom. The minimum absolute atomic E-state index is 0.0197. The number of aliphatic hydroxyl groups is 1. The highest BCUT2D eigenvalue weighted by Crippen LogP contribution is 2.54. The van der Waals surface area contributed by atoms with Gasteiger partial charge in [-0.1, -0.05) is 50.1 Å². The van der Waals surface area contributed by atoms with Gasteiger partial charge in [-0.25, -0.2) is 0 Å². The molecule has 3 atom stereocenters. The summed E-state index contributed by atoms with van der Waals surface area (Å²) in [6.07, 6.45) is 1.30. The van der Waals surface area contributed by atoms with Gasteiger partial charge in [0.25, 0.3) is 0 Å². The first-order chi connectivity index (χ1) is 18.2. The molecule has 1 aromatic rings. The molecular formula is C32H49F3O5. The van der Waals surface area contributed by atoms with Gasteiger partial charge in [-0.2, -0.15) is 13.2 Å². The van der Waals surface area contributed by atoms with Crippen LogP contribution in [0.25, 0.3) is 0 Å². The van der Waals surface area contributed by atoms with Crippen LogP contribution in [0.2, 0.25) is 0 Å². The van der Waals surface area contributed by atoms with Crippen molar-refractivity contribution in [1.29, 1.82) is 0 Å². The molecule has 2 aliphatic rings. The summed E-state index contributed by atoms with van der Waals surface area (Å²) in [6, 6.07) is 5.36. The normalized spacial score (nSPS) is 26.0. The van der Waals surface area contributed by atoms with Crippen molar-refractivity contribution >= 4 is 11.9 Å². The first kappa shape index (κ1) is 34.1. The Labute approximate surface area is 238 Å². The summed E-state index contributed by atoms with van der Waals surface area (Å²) in [6.45, 7) is 16.0. The molecule has 8 heteroatoms. The van der Waals surface area contributed by atoms with Gasteiger partial charge in [-0.3, -0.25) is 9.59 Å². The second-order valence-electron chi connectivity index (χ2n) is 13.2. The predicted octanol–water partition coefficient (Wildman–Crippen LogP) is 8.25. The van der Waals surface area contributed by atoms with Crippen LogP contribution in [0.3, 0.4) is 0 Å². The number of esters is 2. The number of ether oxygens (including phenoxy) is 2. The van der Waals surface area contributed by atoms with Gasteiger partial charge in [0.15, 0.2) is 5.60 Å². The lowest BCUT2D eigenvalue weighted by Gasteiger charge is -2.37. The summed E-state index contributed by atoms with van der Waals surface area (Å²) >= 11 is 0. The van der Waals surface area contributed by atoms with Crippen LogP contribution < -0.4 is 0 Å². The molecule has 1 saturated carbocycles. The molecular weight excluding hydrogens is 521 g/mol. The zero-order chi connectivity index (χ0) is 30.8. The number of cyclic esters (lactones) is 1. The van der Waals surface area contributed by atoms with Crippen molar-refractivity contribution < 1.29 is 37.3 Å². The SMILES string of the molecule is CCC1(C)CC(CC(C)(O)C(F)(F)F)(c2cc(C)cc(C)c2)OC1=O.CCC1(OC(=O)C(C)(C)CC)CCCC1. The zero-order valence-corrected chi connectivity index (χ0v) is 25.8. The van der Waals surface area contributed by atoms with Crippen LogP contribution in [-0.4, -0.2) is 34.4 Å². The van der Waals surface area contributed by atoms with E-state index in [1.165, 1.54) is 12.8 Å². The Balaban J connectivity index is 0.000000319. The molecule has 1 saturated heterocycles. The van der Waals surface area contributed by atoms with E-state index in [4.69, 9.17) is 9.47 Å². The Morgan fingerprint density at radius 2 is 1.52 bits per heavy atom. The molecule has 1 aromatic carbocycles. The Hall–Kier alpha value is -2.09. The molecule has 1 aliphatic carbocycles. The van der Waals surface area contributed by atoms with Crippen LogP contribution in [0.4, 0.5) is 13.2 Å². The van der Waals surface area contributed by atoms with E-state index in [1.54, 1.807) is 26.0 Å². The first-order valence-electron chi connectivity index (χ1n) is 14.6. The molecule has 1 aliphatic heterocycles. The van der Waals surface area contributed by atoms with Crippen LogP contribution >= 0.6 is 0 Å². The number of hydrogen-bond donors (Lipinski definition) is 1. The van der Waals surface area contributed by atoms with E-state index in [-0.39, 0.29) is 23.4 Å². The standard InChI is InChI=1S/C19H25F3O3.C13H24O2/c1-6-16(4)10-18(25-15(16)23,11-17(5,24)19(20,21)22)14-8-12(2)7-13(3)9-14;1-5-12(3,4)11(14)15-13(6-2)9-7-8-10-13/h7-9,24H,6,10-11H2,1-5H3;5-10H2,1-4H3. The number of aryl methyl sites for hydroxylation is 2. The molecule has 5 nitrogen and oxygen atoms in total. The molecule has 2 fully saturated rings. The number of benzene rings is 1. The van der Waals surface area contributed by atoms with Gasteiger partial charge in [0.05, 0.1) is 10.8 Å². The summed E-state index contributed by atoms with van der Waals surface area (Å²) in [5.41, 5.74) is -3.58. The molecule has 0 spiro atoms. The van der Waals surface area contributed by atoms with Crippen molar-refractivity contribution in [2.24, 2.45) is 10.8 Å². The topological polar surface area (TPSA) is 72.8 Å². The summed E-state index contributed by atoms with van der Waals surface area (Å²) in [7, 11) is 0. The van der Waals surface area contributed by atoms with E-state index in [1.807, 2.05) is 40.7 Å². The van der Waals surface area contributed by atoms with E-state index in [0.29, 0.717) is 12.0 Å². The number of carbonyl (C=O) groups excluding carboxylic acids is 2. The summed E-state index contributed by atoms with van der Waals surface area (Å²) in [5, 5.41) is 10.1. The fourth-order valence-electron chi connectivity index (χ4n) is 5.59. The highest BCUT2D eigenvalue weighted by atomic mass is 19.4. The molecule has 0 aromatic heterocycles. The van der Waals surface area contributed by atoms with Gasteiger partial charge in [0.1, 0.15) is 11.2 Å². The molecule has 1 N–H and O–H groups in total. The lowest BCUT2D eigenvalue weighted by Crippen LogP contribution is -2.48. The largest absolute Gasteiger partial charge is 0.459 e. The second kappa shape index (κ2) is 12.0. The molecule has 1 heterocycles. The van der Waals surface area contributed by atoms with E-state index in [2.05, 4.69) is 6.92 Å².